The van der Waals surface area contributed by atoms with E-state index in [0.717, 1.165) is 0 Å². The zero-order chi connectivity index (χ0) is 15.4. The number of benzene rings is 1. The van der Waals surface area contributed by atoms with Gasteiger partial charge in [-0.3, -0.25) is 4.79 Å². The van der Waals surface area contributed by atoms with Crippen LogP contribution in [0.1, 0.15) is 20.8 Å². The van der Waals surface area contributed by atoms with Crippen LogP contribution in [0.3, 0.4) is 0 Å². The predicted octanol–water partition coefficient (Wildman–Crippen LogP) is 1.82. The number of aromatic nitrogens is 3. The smallest absolute Gasteiger partial charge is 0.358 e. The first kappa shape index (κ1) is 15.5. The number of hydrogen-bond acceptors (Lipinski definition) is 4. The maximum atomic E-state index is 12.0. The van der Waals surface area contributed by atoms with E-state index >= 15 is 0 Å². The minimum Gasteiger partial charge on any atom is -0.476 e. The highest BCUT2D eigenvalue weighted by Crippen LogP contribution is 2.20. The second-order valence-electron chi connectivity index (χ2n) is 4.05. The third-order valence-corrected chi connectivity index (χ3v) is 3.48. The molecule has 1 heterocycles. The lowest BCUT2D eigenvalue weighted by Crippen LogP contribution is -2.27. The van der Waals surface area contributed by atoms with Gasteiger partial charge in [-0.05, 0) is 34.1 Å². The van der Waals surface area contributed by atoms with Crippen LogP contribution in [0.5, 0.6) is 0 Å². The first-order chi connectivity index (χ1) is 9.97. The van der Waals surface area contributed by atoms with Crippen molar-refractivity contribution in [2.75, 3.05) is 6.54 Å². The quantitative estimate of drug-likeness (QED) is 0.833. The van der Waals surface area contributed by atoms with Crippen LogP contribution in [-0.4, -0.2) is 38.5 Å². The Hall–Kier alpha value is -1.93. The molecule has 0 saturated carbocycles. The fourth-order valence-corrected chi connectivity index (χ4v) is 2.16. The Balaban J connectivity index is 1.92. The third kappa shape index (κ3) is 4.02. The lowest BCUT2D eigenvalue weighted by molar-refractivity contribution is 0.0690. The summed E-state index contributed by atoms with van der Waals surface area (Å²) in [5, 5.41) is 19.0. The van der Waals surface area contributed by atoms with E-state index in [1.165, 1.54) is 10.9 Å². The van der Waals surface area contributed by atoms with Crippen molar-refractivity contribution in [2.24, 2.45) is 0 Å². The van der Waals surface area contributed by atoms with Crippen LogP contribution in [0.25, 0.3) is 0 Å². The Bertz CT molecular complexity index is 689. The van der Waals surface area contributed by atoms with Gasteiger partial charge in [0.25, 0.3) is 5.91 Å². The largest absolute Gasteiger partial charge is 0.476 e. The Morgan fingerprint density at radius 1 is 1.43 bits per heavy atom. The number of hydrogen-bond donors (Lipinski definition) is 2. The van der Waals surface area contributed by atoms with Crippen LogP contribution in [0.2, 0.25) is 5.02 Å². The molecular formula is C12H10BrClN4O3. The molecule has 0 bridgehead atoms. The Labute approximate surface area is 133 Å². The Morgan fingerprint density at radius 2 is 2.19 bits per heavy atom. The monoisotopic (exact) mass is 372 g/mol. The number of carboxylic acids is 1. The number of carbonyl (C=O) groups is 2. The highest BCUT2D eigenvalue weighted by Gasteiger charge is 2.11. The molecule has 1 aromatic carbocycles. The van der Waals surface area contributed by atoms with Gasteiger partial charge in [0.15, 0.2) is 5.69 Å². The molecule has 110 valence electrons. The van der Waals surface area contributed by atoms with Gasteiger partial charge < -0.3 is 10.4 Å². The molecule has 7 nitrogen and oxygen atoms in total. The molecule has 0 aliphatic rings. The molecule has 21 heavy (non-hydrogen) atoms. The van der Waals surface area contributed by atoms with E-state index < -0.39 is 5.97 Å². The third-order valence-electron chi connectivity index (χ3n) is 2.56. The maximum absolute atomic E-state index is 12.0. The summed E-state index contributed by atoms with van der Waals surface area (Å²) in [4.78, 5) is 22.6. The van der Waals surface area contributed by atoms with Crippen LogP contribution in [0.15, 0.2) is 28.9 Å². The van der Waals surface area contributed by atoms with Crippen molar-refractivity contribution in [2.45, 2.75) is 6.54 Å². The van der Waals surface area contributed by atoms with Gasteiger partial charge in [0.2, 0.25) is 0 Å². The van der Waals surface area contributed by atoms with Crippen molar-refractivity contribution in [3.8, 4) is 0 Å². The van der Waals surface area contributed by atoms with Gasteiger partial charge >= 0.3 is 5.97 Å². The molecule has 1 amide bonds. The minimum atomic E-state index is -1.15. The normalized spacial score (nSPS) is 10.4. The van der Waals surface area contributed by atoms with E-state index in [9.17, 15) is 9.59 Å². The SMILES string of the molecule is O=C(O)c1cn(CCNC(=O)c2cc(Cl)ccc2Br)nn1. The number of aromatic carboxylic acids is 1. The second kappa shape index (κ2) is 6.68. The van der Waals surface area contributed by atoms with Crippen molar-refractivity contribution in [3.63, 3.8) is 0 Å². The molecule has 0 aliphatic heterocycles. The molecule has 2 N–H and O–H groups in total. The highest BCUT2D eigenvalue weighted by atomic mass is 79.9. The molecule has 2 aromatic rings. The van der Waals surface area contributed by atoms with E-state index in [2.05, 4.69) is 31.6 Å². The highest BCUT2D eigenvalue weighted by molar-refractivity contribution is 9.10. The summed E-state index contributed by atoms with van der Waals surface area (Å²) in [5.41, 5.74) is 0.284. The number of carbonyl (C=O) groups excluding carboxylic acids is 1. The fraction of sp³-hybridized carbons (Fsp3) is 0.167. The lowest BCUT2D eigenvalue weighted by Gasteiger charge is -2.07. The summed E-state index contributed by atoms with van der Waals surface area (Å²) >= 11 is 9.12. The summed E-state index contributed by atoms with van der Waals surface area (Å²) in [5.74, 6) is -1.43. The van der Waals surface area contributed by atoms with E-state index in [1.54, 1.807) is 18.2 Å². The topological polar surface area (TPSA) is 97.1 Å². The van der Waals surface area contributed by atoms with Gasteiger partial charge in [0.1, 0.15) is 0 Å². The van der Waals surface area contributed by atoms with E-state index in [-0.39, 0.29) is 18.1 Å². The van der Waals surface area contributed by atoms with Gasteiger partial charge in [-0.2, -0.15) is 0 Å². The van der Waals surface area contributed by atoms with Crippen molar-refractivity contribution in [1.82, 2.24) is 20.3 Å². The van der Waals surface area contributed by atoms with Crippen LogP contribution in [0.4, 0.5) is 0 Å². The summed E-state index contributed by atoms with van der Waals surface area (Å²) in [7, 11) is 0. The van der Waals surface area contributed by atoms with E-state index in [0.29, 0.717) is 21.6 Å². The van der Waals surface area contributed by atoms with Crippen LogP contribution in [-0.2, 0) is 6.54 Å². The molecule has 0 radical (unpaired) electrons. The van der Waals surface area contributed by atoms with E-state index in [1.807, 2.05) is 0 Å². The zero-order valence-electron chi connectivity index (χ0n) is 10.6. The molecule has 0 fully saturated rings. The Morgan fingerprint density at radius 3 is 2.86 bits per heavy atom. The minimum absolute atomic E-state index is 0.140. The molecule has 0 unspecified atom stereocenters. The Kier molecular flexibility index (Phi) is 4.92. The van der Waals surface area contributed by atoms with Gasteiger partial charge in [0, 0.05) is 16.0 Å². The van der Waals surface area contributed by atoms with Crippen molar-refractivity contribution in [1.29, 1.82) is 0 Å². The molecule has 0 atom stereocenters. The molecular weight excluding hydrogens is 364 g/mol. The zero-order valence-corrected chi connectivity index (χ0v) is 12.9. The molecule has 0 aliphatic carbocycles. The summed E-state index contributed by atoms with van der Waals surface area (Å²) in [6, 6.07) is 4.91. The number of carboxylic acid groups (broad SMARTS) is 1. The number of nitrogens with zero attached hydrogens (tertiary/aromatic N) is 3. The van der Waals surface area contributed by atoms with Gasteiger partial charge in [-0.15, -0.1) is 5.10 Å². The fourth-order valence-electron chi connectivity index (χ4n) is 1.56. The van der Waals surface area contributed by atoms with Crippen LogP contribution < -0.4 is 5.32 Å². The summed E-state index contributed by atoms with van der Waals surface area (Å²) in [6.07, 6.45) is 1.30. The summed E-state index contributed by atoms with van der Waals surface area (Å²) < 4.78 is 1.98. The number of halogens is 2. The molecule has 2 rings (SSSR count). The number of rotatable bonds is 5. The number of amides is 1. The lowest BCUT2D eigenvalue weighted by atomic mass is 10.2. The first-order valence-corrected chi connectivity index (χ1v) is 7.01. The molecule has 0 spiro atoms. The summed E-state index contributed by atoms with van der Waals surface area (Å²) in [6.45, 7) is 0.588. The maximum Gasteiger partial charge on any atom is 0.358 e. The van der Waals surface area contributed by atoms with Crippen LogP contribution in [0, 0.1) is 0 Å². The average molecular weight is 374 g/mol. The van der Waals surface area contributed by atoms with Gasteiger partial charge in [-0.25, -0.2) is 9.48 Å². The van der Waals surface area contributed by atoms with Gasteiger partial charge in [-0.1, -0.05) is 16.8 Å². The van der Waals surface area contributed by atoms with Crippen molar-refractivity contribution in [3.05, 3.63) is 45.1 Å². The first-order valence-electron chi connectivity index (χ1n) is 5.84. The molecule has 9 heteroatoms. The van der Waals surface area contributed by atoms with E-state index in [4.69, 9.17) is 16.7 Å². The average Bonchev–Trinajstić information content (AvgIpc) is 2.90. The van der Waals surface area contributed by atoms with Crippen LogP contribution >= 0.6 is 27.5 Å². The van der Waals surface area contributed by atoms with Crippen molar-refractivity contribution >= 4 is 39.4 Å². The molecule has 1 aromatic heterocycles. The predicted molar refractivity (Wildman–Crippen MR) is 78.5 cm³/mol. The number of nitrogens with one attached hydrogen (secondary N) is 1. The molecule has 0 saturated heterocycles. The van der Waals surface area contributed by atoms with Gasteiger partial charge in [0.05, 0.1) is 18.3 Å². The second-order valence-corrected chi connectivity index (χ2v) is 5.34. The standard InChI is InChI=1S/C12H10BrClN4O3/c13-9-2-1-7(14)5-8(9)11(19)15-3-4-18-6-10(12(20)21)16-17-18/h1-2,5-6H,3-4H2,(H,15,19)(H,20,21). The van der Waals surface area contributed by atoms with Crippen molar-refractivity contribution < 1.29 is 14.7 Å².